The number of halogens is 1. The number of aliphatic hydroxyl groups is 1. The highest BCUT2D eigenvalue weighted by Crippen LogP contribution is 2.12. The molecule has 6 heteroatoms. The minimum Gasteiger partial charge on any atom is -0.389 e. The summed E-state index contributed by atoms with van der Waals surface area (Å²) in [5.74, 6) is -0.227. The van der Waals surface area contributed by atoms with E-state index in [0.717, 1.165) is 17.8 Å². The molecule has 0 saturated carbocycles. The number of hydrogen-bond donors (Lipinski definition) is 1. The molecular formula is C19H27FN2O3. The minimum absolute atomic E-state index is 0.227. The van der Waals surface area contributed by atoms with Crippen molar-refractivity contribution in [3.8, 4) is 0 Å². The van der Waals surface area contributed by atoms with Crippen LogP contribution < -0.4 is 0 Å². The average Bonchev–Trinajstić information content (AvgIpc) is 3.02. The third-order valence-corrected chi connectivity index (χ3v) is 4.01. The lowest BCUT2D eigenvalue weighted by molar-refractivity contribution is 0.0288. The van der Waals surface area contributed by atoms with Gasteiger partial charge in [-0.1, -0.05) is 12.1 Å². The highest BCUT2D eigenvalue weighted by molar-refractivity contribution is 5.18. The summed E-state index contributed by atoms with van der Waals surface area (Å²) in [6.07, 6.45) is 1.47. The lowest BCUT2D eigenvalue weighted by atomic mass is 10.2. The Kier molecular flexibility index (Phi) is 8.08. The molecule has 0 aliphatic rings. The van der Waals surface area contributed by atoms with E-state index in [4.69, 9.17) is 9.47 Å². The lowest BCUT2D eigenvalue weighted by Gasteiger charge is -2.25. The second-order valence-corrected chi connectivity index (χ2v) is 6.09. The van der Waals surface area contributed by atoms with Gasteiger partial charge in [-0.05, 0) is 29.8 Å². The molecule has 25 heavy (non-hydrogen) atoms. The van der Waals surface area contributed by atoms with E-state index < -0.39 is 6.10 Å². The zero-order chi connectivity index (χ0) is 18.1. The molecule has 2 aromatic rings. The number of rotatable bonds is 11. The van der Waals surface area contributed by atoms with E-state index in [1.54, 1.807) is 26.4 Å². The highest BCUT2D eigenvalue weighted by atomic mass is 19.1. The molecule has 0 radical (unpaired) electrons. The summed E-state index contributed by atoms with van der Waals surface area (Å²) in [4.78, 5) is 2.14. The maximum atomic E-state index is 13.1. The first-order valence-corrected chi connectivity index (χ1v) is 8.39. The van der Waals surface area contributed by atoms with Gasteiger partial charge in [-0.3, -0.25) is 4.90 Å². The second-order valence-electron chi connectivity index (χ2n) is 6.09. The van der Waals surface area contributed by atoms with E-state index in [9.17, 15) is 9.50 Å². The first kappa shape index (κ1) is 19.6. The van der Waals surface area contributed by atoms with Crippen LogP contribution in [0.2, 0.25) is 0 Å². The van der Waals surface area contributed by atoms with Crippen LogP contribution in [-0.2, 0) is 22.6 Å². The molecule has 1 heterocycles. The van der Waals surface area contributed by atoms with Crippen LogP contribution in [0.25, 0.3) is 0 Å². The lowest BCUT2D eigenvalue weighted by Crippen LogP contribution is -2.36. The van der Waals surface area contributed by atoms with E-state index >= 15 is 0 Å². The molecule has 2 rings (SSSR count). The first-order valence-electron chi connectivity index (χ1n) is 8.39. The van der Waals surface area contributed by atoms with Crippen molar-refractivity contribution >= 4 is 0 Å². The minimum atomic E-state index is -0.539. The van der Waals surface area contributed by atoms with Crippen molar-refractivity contribution in [2.45, 2.75) is 19.2 Å². The summed E-state index contributed by atoms with van der Waals surface area (Å²) in [7, 11) is 3.25. The predicted octanol–water partition coefficient (Wildman–Crippen LogP) is 2.13. The highest BCUT2D eigenvalue weighted by Gasteiger charge is 2.14. The molecule has 0 amide bonds. The van der Waals surface area contributed by atoms with Gasteiger partial charge in [-0.15, -0.1) is 0 Å². The Hall–Kier alpha value is -1.73. The second kappa shape index (κ2) is 10.3. The quantitative estimate of drug-likeness (QED) is 0.674. The van der Waals surface area contributed by atoms with Gasteiger partial charge in [-0.25, -0.2) is 4.39 Å². The van der Waals surface area contributed by atoms with Crippen LogP contribution in [0.15, 0.2) is 42.6 Å². The Morgan fingerprint density at radius 1 is 1.16 bits per heavy atom. The molecule has 1 aromatic heterocycles. The maximum Gasteiger partial charge on any atom is 0.123 e. The standard InChI is InChI=1S/C19H27FN2O3/c1-24-11-10-21(14-19(23)15-25-2)13-18-4-3-9-22(18)12-16-5-7-17(20)8-6-16/h3-9,19,23H,10-15H2,1-2H3/t19-/m0/s1. The van der Waals surface area contributed by atoms with Crippen molar-refractivity contribution in [1.82, 2.24) is 9.47 Å². The van der Waals surface area contributed by atoms with Crippen molar-refractivity contribution < 1.29 is 19.0 Å². The maximum absolute atomic E-state index is 13.1. The molecule has 0 fully saturated rings. The Balaban J connectivity index is 2.03. The molecule has 5 nitrogen and oxygen atoms in total. The molecular weight excluding hydrogens is 323 g/mol. The van der Waals surface area contributed by atoms with Crippen molar-refractivity contribution in [3.63, 3.8) is 0 Å². The zero-order valence-electron chi connectivity index (χ0n) is 14.9. The van der Waals surface area contributed by atoms with Crippen LogP contribution in [0.1, 0.15) is 11.3 Å². The van der Waals surface area contributed by atoms with Crippen molar-refractivity contribution in [3.05, 3.63) is 59.7 Å². The fourth-order valence-electron chi connectivity index (χ4n) is 2.76. The fraction of sp³-hybridized carbons (Fsp3) is 0.474. The van der Waals surface area contributed by atoms with Crippen molar-refractivity contribution in [2.75, 3.05) is 40.5 Å². The van der Waals surface area contributed by atoms with E-state index in [0.29, 0.717) is 32.8 Å². The summed E-state index contributed by atoms with van der Waals surface area (Å²) in [5, 5.41) is 10.0. The van der Waals surface area contributed by atoms with Gasteiger partial charge in [0.2, 0.25) is 0 Å². The van der Waals surface area contributed by atoms with Gasteiger partial charge in [0.25, 0.3) is 0 Å². The van der Waals surface area contributed by atoms with Gasteiger partial charge in [0.05, 0.1) is 19.3 Å². The van der Waals surface area contributed by atoms with Gasteiger partial charge in [-0.2, -0.15) is 0 Å². The number of ether oxygens (including phenoxy) is 2. The topological polar surface area (TPSA) is 46.9 Å². The number of aromatic nitrogens is 1. The number of hydrogen-bond acceptors (Lipinski definition) is 4. The molecule has 0 unspecified atom stereocenters. The molecule has 0 spiro atoms. The third-order valence-electron chi connectivity index (χ3n) is 4.01. The van der Waals surface area contributed by atoms with Crippen molar-refractivity contribution in [2.24, 2.45) is 0 Å². The summed E-state index contributed by atoms with van der Waals surface area (Å²) in [6.45, 7) is 3.51. The molecule has 0 bridgehead atoms. The number of nitrogens with zero attached hydrogens (tertiary/aromatic N) is 2. The van der Waals surface area contributed by atoms with Crippen LogP contribution in [0.4, 0.5) is 4.39 Å². The number of aliphatic hydroxyl groups excluding tert-OH is 1. The molecule has 0 aliphatic heterocycles. The van der Waals surface area contributed by atoms with Gasteiger partial charge < -0.3 is 19.1 Å². The van der Waals surface area contributed by atoms with Gasteiger partial charge in [0.1, 0.15) is 5.82 Å². The summed E-state index contributed by atoms with van der Waals surface area (Å²) in [6, 6.07) is 10.6. The first-order chi connectivity index (χ1) is 12.1. The SMILES string of the molecule is COCCN(Cc1cccn1Cc1ccc(F)cc1)C[C@H](O)COC. The van der Waals surface area contributed by atoms with Crippen LogP contribution in [0.5, 0.6) is 0 Å². The van der Waals surface area contributed by atoms with E-state index in [-0.39, 0.29) is 5.82 Å². The Bertz CT molecular complexity index is 615. The molecule has 1 aromatic carbocycles. The van der Waals surface area contributed by atoms with Crippen LogP contribution in [-0.4, -0.2) is 61.2 Å². The molecule has 138 valence electrons. The normalized spacial score (nSPS) is 12.7. The summed E-state index contributed by atoms with van der Waals surface area (Å²) in [5.41, 5.74) is 2.17. The van der Waals surface area contributed by atoms with E-state index in [1.165, 1.54) is 12.1 Å². The summed E-state index contributed by atoms with van der Waals surface area (Å²) >= 11 is 0. The monoisotopic (exact) mass is 350 g/mol. The Labute approximate surface area is 148 Å². The van der Waals surface area contributed by atoms with Gasteiger partial charge >= 0.3 is 0 Å². The number of benzene rings is 1. The predicted molar refractivity (Wildman–Crippen MR) is 95.0 cm³/mol. The molecule has 0 aliphatic carbocycles. The van der Waals surface area contributed by atoms with Crippen LogP contribution >= 0.6 is 0 Å². The molecule has 1 atom stereocenters. The Morgan fingerprint density at radius 3 is 2.60 bits per heavy atom. The third kappa shape index (κ3) is 6.59. The zero-order valence-corrected chi connectivity index (χ0v) is 14.9. The molecule has 1 N–H and O–H groups in total. The van der Waals surface area contributed by atoms with Crippen molar-refractivity contribution in [1.29, 1.82) is 0 Å². The average molecular weight is 350 g/mol. The molecule has 0 saturated heterocycles. The smallest absolute Gasteiger partial charge is 0.123 e. The van der Waals surface area contributed by atoms with E-state index in [1.807, 2.05) is 12.3 Å². The number of methoxy groups -OCH3 is 2. The summed E-state index contributed by atoms with van der Waals surface area (Å²) < 4.78 is 25.4. The fourth-order valence-corrected chi connectivity index (χ4v) is 2.76. The van der Waals surface area contributed by atoms with Gasteiger partial charge in [0.15, 0.2) is 0 Å². The van der Waals surface area contributed by atoms with Gasteiger partial charge in [0, 0.05) is 52.3 Å². The Morgan fingerprint density at radius 2 is 1.92 bits per heavy atom. The van der Waals surface area contributed by atoms with E-state index in [2.05, 4.69) is 15.5 Å². The largest absolute Gasteiger partial charge is 0.389 e. The van der Waals surface area contributed by atoms with Crippen LogP contribution in [0.3, 0.4) is 0 Å². The van der Waals surface area contributed by atoms with Crippen LogP contribution in [0, 0.1) is 5.82 Å².